The summed E-state index contributed by atoms with van der Waals surface area (Å²) in [6.45, 7) is 3.69. The zero-order chi connectivity index (χ0) is 15.8. The summed E-state index contributed by atoms with van der Waals surface area (Å²) in [5.74, 6) is -0.860. The number of nitrogens with zero attached hydrogens (tertiary/aromatic N) is 1. The lowest BCUT2D eigenvalue weighted by Crippen LogP contribution is -2.41. The summed E-state index contributed by atoms with van der Waals surface area (Å²) in [6, 6.07) is 2.24. The fourth-order valence-electron chi connectivity index (χ4n) is 2.58. The standard InChI is InChI=1S/C14H19FN2O3S/c1-3-17(11-4-5-21(19,20)8-11)14(18)10-6-12(15)9(2)13(16)7-10/h6-7,11H,3-5,8,16H2,1-2H3. The van der Waals surface area contributed by atoms with Crippen LogP contribution in [0.5, 0.6) is 0 Å². The molecule has 0 saturated carbocycles. The van der Waals surface area contributed by atoms with E-state index in [-0.39, 0.29) is 34.7 Å². The molecule has 1 aliphatic rings. The second-order valence-corrected chi connectivity index (χ2v) is 7.55. The molecule has 0 aliphatic carbocycles. The van der Waals surface area contributed by atoms with E-state index in [0.29, 0.717) is 18.5 Å². The van der Waals surface area contributed by atoms with Crippen LogP contribution >= 0.6 is 0 Å². The lowest BCUT2D eigenvalue weighted by atomic mass is 10.1. The van der Waals surface area contributed by atoms with Crippen molar-refractivity contribution in [1.29, 1.82) is 0 Å². The number of nitrogen functional groups attached to an aromatic ring is 1. The average Bonchev–Trinajstić information content (AvgIpc) is 2.76. The number of anilines is 1. The number of halogens is 1. The van der Waals surface area contributed by atoms with Gasteiger partial charge in [0.25, 0.3) is 5.91 Å². The van der Waals surface area contributed by atoms with Gasteiger partial charge in [-0.2, -0.15) is 0 Å². The predicted molar refractivity (Wildman–Crippen MR) is 79.3 cm³/mol. The molecule has 1 aliphatic heterocycles. The molecule has 0 aromatic heterocycles. The molecule has 0 bridgehead atoms. The van der Waals surface area contributed by atoms with Gasteiger partial charge in [0.2, 0.25) is 0 Å². The van der Waals surface area contributed by atoms with Gasteiger partial charge in [0.15, 0.2) is 9.84 Å². The first-order chi connectivity index (χ1) is 9.75. The van der Waals surface area contributed by atoms with Crippen molar-refractivity contribution in [3.05, 3.63) is 29.1 Å². The summed E-state index contributed by atoms with van der Waals surface area (Å²) in [6.07, 6.45) is 0.422. The number of hydrogen-bond acceptors (Lipinski definition) is 4. The highest BCUT2D eigenvalue weighted by Crippen LogP contribution is 2.23. The van der Waals surface area contributed by atoms with Crippen LogP contribution in [-0.2, 0) is 9.84 Å². The van der Waals surface area contributed by atoms with Gasteiger partial charge in [0.05, 0.1) is 11.5 Å². The Balaban J connectivity index is 2.29. The van der Waals surface area contributed by atoms with Gasteiger partial charge in [0, 0.05) is 29.4 Å². The van der Waals surface area contributed by atoms with E-state index < -0.39 is 15.7 Å². The van der Waals surface area contributed by atoms with Gasteiger partial charge < -0.3 is 10.6 Å². The van der Waals surface area contributed by atoms with E-state index in [1.54, 1.807) is 13.8 Å². The maximum Gasteiger partial charge on any atom is 0.254 e. The Labute approximate surface area is 123 Å². The average molecular weight is 314 g/mol. The third-order valence-electron chi connectivity index (χ3n) is 3.88. The SMILES string of the molecule is CCN(C(=O)c1cc(N)c(C)c(F)c1)C1CCS(=O)(=O)C1. The fraction of sp³-hybridized carbons (Fsp3) is 0.500. The summed E-state index contributed by atoms with van der Waals surface area (Å²) >= 11 is 0. The lowest BCUT2D eigenvalue weighted by molar-refractivity contribution is 0.0708. The number of benzene rings is 1. The molecule has 1 unspecified atom stereocenters. The Bertz CT molecular complexity index is 650. The fourth-order valence-corrected chi connectivity index (χ4v) is 4.31. The largest absolute Gasteiger partial charge is 0.398 e. The van der Waals surface area contributed by atoms with Gasteiger partial charge >= 0.3 is 0 Å². The Hall–Kier alpha value is -1.63. The van der Waals surface area contributed by atoms with Crippen molar-refractivity contribution in [3.63, 3.8) is 0 Å². The van der Waals surface area contributed by atoms with E-state index in [9.17, 15) is 17.6 Å². The highest BCUT2D eigenvalue weighted by atomic mass is 32.2. The number of sulfone groups is 1. The Morgan fingerprint density at radius 3 is 2.62 bits per heavy atom. The molecule has 5 nitrogen and oxygen atoms in total. The number of amides is 1. The van der Waals surface area contributed by atoms with Gasteiger partial charge in [-0.05, 0) is 32.4 Å². The Kier molecular flexibility index (Phi) is 4.22. The quantitative estimate of drug-likeness (QED) is 0.854. The van der Waals surface area contributed by atoms with Gasteiger partial charge in [-0.25, -0.2) is 12.8 Å². The van der Waals surface area contributed by atoms with Crippen molar-refractivity contribution in [2.45, 2.75) is 26.3 Å². The molecule has 1 heterocycles. The van der Waals surface area contributed by atoms with Gasteiger partial charge in [0.1, 0.15) is 5.82 Å². The van der Waals surface area contributed by atoms with Crippen molar-refractivity contribution in [2.75, 3.05) is 23.8 Å². The second-order valence-electron chi connectivity index (χ2n) is 5.32. The molecule has 1 saturated heterocycles. The van der Waals surface area contributed by atoms with E-state index in [2.05, 4.69) is 0 Å². The summed E-state index contributed by atoms with van der Waals surface area (Å²) in [5, 5.41) is 0. The highest BCUT2D eigenvalue weighted by molar-refractivity contribution is 7.91. The lowest BCUT2D eigenvalue weighted by Gasteiger charge is -2.27. The Morgan fingerprint density at radius 1 is 1.48 bits per heavy atom. The van der Waals surface area contributed by atoms with E-state index in [4.69, 9.17) is 5.73 Å². The number of nitrogens with two attached hydrogens (primary N) is 1. The molecule has 1 amide bonds. The molecule has 1 aromatic carbocycles. The first-order valence-electron chi connectivity index (χ1n) is 6.82. The molecule has 21 heavy (non-hydrogen) atoms. The Morgan fingerprint density at radius 2 is 2.14 bits per heavy atom. The maximum atomic E-state index is 13.7. The van der Waals surface area contributed by atoms with Gasteiger partial charge in [-0.15, -0.1) is 0 Å². The molecule has 7 heteroatoms. The van der Waals surface area contributed by atoms with Crippen molar-refractivity contribution in [1.82, 2.24) is 4.90 Å². The van der Waals surface area contributed by atoms with Crippen LogP contribution in [0.1, 0.15) is 29.3 Å². The minimum atomic E-state index is -3.08. The summed E-state index contributed by atoms with van der Waals surface area (Å²) < 4.78 is 36.8. The molecule has 0 spiro atoms. The number of hydrogen-bond donors (Lipinski definition) is 1. The smallest absolute Gasteiger partial charge is 0.254 e. The van der Waals surface area contributed by atoms with Crippen molar-refractivity contribution < 1.29 is 17.6 Å². The molecule has 0 radical (unpaired) electrons. The minimum absolute atomic E-state index is 0.0313. The molecule has 2 rings (SSSR count). The van der Waals surface area contributed by atoms with Crippen LogP contribution < -0.4 is 5.73 Å². The maximum absolute atomic E-state index is 13.7. The van der Waals surface area contributed by atoms with Crippen LogP contribution in [0.15, 0.2) is 12.1 Å². The minimum Gasteiger partial charge on any atom is -0.398 e. The van der Waals surface area contributed by atoms with E-state index in [1.165, 1.54) is 11.0 Å². The van der Waals surface area contributed by atoms with Crippen LogP contribution in [0.4, 0.5) is 10.1 Å². The third kappa shape index (κ3) is 3.18. The van der Waals surface area contributed by atoms with Crippen molar-refractivity contribution in [2.24, 2.45) is 0 Å². The van der Waals surface area contributed by atoms with Crippen molar-refractivity contribution in [3.8, 4) is 0 Å². The van der Waals surface area contributed by atoms with Crippen LogP contribution in [0, 0.1) is 12.7 Å². The van der Waals surface area contributed by atoms with Gasteiger partial charge in [-0.3, -0.25) is 4.79 Å². The topological polar surface area (TPSA) is 80.5 Å². The van der Waals surface area contributed by atoms with Crippen LogP contribution in [-0.4, -0.2) is 43.3 Å². The highest BCUT2D eigenvalue weighted by Gasteiger charge is 2.34. The van der Waals surface area contributed by atoms with Crippen molar-refractivity contribution >= 4 is 21.4 Å². The summed E-state index contributed by atoms with van der Waals surface area (Å²) in [7, 11) is -3.08. The summed E-state index contributed by atoms with van der Waals surface area (Å²) in [4.78, 5) is 14.0. The zero-order valence-corrected chi connectivity index (χ0v) is 12.9. The number of carbonyl (C=O) groups is 1. The monoisotopic (exact) mass is 314 g/mol. The first-order valence-corrected chi connectivity index (χ1v) is 8.64. The van der Waals surface area contributed by atoms with Gasteiger partial charge in [-0.1, -0.05) is 0 Å². The third-order valence-corrected chi connectivity index (χ3v) is 5.63. The van der Waals surface area contributed by atoms with Crippen LogP contribution in [0.25, 0.3) is 0 Å². The number of rotatable bonds is 3. The molecule has 116 valence electrons. The molecular weight excluding hydrogens is 295 g/mol. The molecule has 1 aromatic rings. The second kappa shape index (κ2) is 5.63. The first kappa shape index (κ1) is 15.8. The molecule has 1 atom stereocenters. The predicted octanol–water partition coefficient (Wildman–Crippen LogP) is 1.37. The van der Waals surface area contributed by atoms with E-state index in [1.807, 2.05) is 0 Å². The van der Waals surface area contributed by atoms with E-state index >= 15 is 0 Å². The zero-order valence-electron chi connectivity index (χ0n) is 12.1. The normalized spacial score (nSPS) is 20.4. The van der Waals surface area contributed by atoms with Crippen LogP contribution in [0.3, 0.4) is 0 Å². The number of carbonyl (C=O) groups excluding carboxylic acids is 1. The molecular formula is C14H19FN2O3S. The van der Waals surface area contributed by atoms with Crippen LogP contribution in [0.2, 0.25) is 0 Å². The van der Waals surface area contributed by atoms with E-state index in [0.717, 1.165) is 6.07 Å². The molecule has 2 N–H and O–H groups in total. The molecule has 1 fully saturated rings. The summed E-state index contributed by atoms with van der Waals surface area (Å²) in [5.41, 5.74) is 6.37.